The van der Waals surface area contributed by atoms with Gasteiger partial charge in [0.2, 0.25) is 0 Å². The second kappa shape index (κ2) is 6.83. The van der Waals surface area contributed by atoms with Crippen molar-refractivity contribution < 1.29 is 9.47 Å². The van der Waals surface area contributed by atoms with Crippen molar-refractivity contribution in [1.82, 2.24) is 19.9 Å². The molecule has 0 unspecified atom stereocenters. The Hall–Kier alpha value is -2.22. The third-order valence-corrected chi connectivity index (χ3v) is 5.16. The molecule has 0 saturated carbocycles. The molecule has 7 heteroatoms. The van der Waals surface area contributed by atoms with E-state index in [9.17, 15) is 0 Å². The lowest BCUT2D eigenvalue weighted by Gasteiger charge is -2.29. The average Bonchev–Trinajstić information content (AvgIpc) is 3.08. The number of aromatic nitrogens is 3. The Balaban J connectivity index is 1.61. The van der Waals surface area contributed by atoms with E-state index in [1.165, 1.54) is 0 Å². The number of hydrogen-bond donors (Lipinski definition) is 1. The van der Waals surface area contributed by atoms with E-state index in [1.54, 1.807) is 0 Å². The minimum atomic E-state index is 0.741. The van der Waals surface area contributed by atoms with Crippen LogP contribution in [0.1, 0.15) is 5.82 Å². The van der Waals surface area contributed by atoms with Crippen molar-refractivity contribution in [2.24, 2.45) is 0 Å². The zero-order valence-corrected chi connectivity index (χ0v) is 14.8. The number of rotatable bonds is 3. The Labute approximate surface area is 151 Å². The number of morpholine rings is 2. The summed E-state index contributed by atoms with van der Waals surface area (Å²) in [7, 11) is 0. The predicted octanol–water partition coefficient (Wildman–Crippen LogP) is 1.78. The maximum atomic E-state index is 5.53. The molecule has 0 amide bonds. The summed E-state index contributed by atoms with van der Waals surface area (Å²) < 4.78 is 11.0. The van der Waals surface area contributed by atoms with Crippen molar-refractivity contribution in [3.05, 3.63) is 30.1 Å². The van der Waals surface area contributed by atoms with Gasteiger partial charge in [-0.15, -0.1) is 0 Å². The molecule has 3 aromatic rings. The lowest BCUT2D eigenvalue weighted by Crippen LogP contribution is -2.38. The van der Waals surface area contributed by atoms with Gasteiger partial charge in [-0.2, -0.15) is 0 Å². The fourth-order valence-corrected chi connectivity index (χ4v) is 3.77. The van der Waals surface area contributed by atoms with Crippen LogP contribution in [0.3, 0.4) is 0 Å². The van der Waals surface area contributed by atoms with Gasteiger partial charge in [-0.3, -0.25) is 4.90 Å². The standard InChI is InChI=1S/C19H23N5O2/c1-2-4-15-14(3-1)17-18(20-15)19(24-7-11-26-12-8-24)22-16(21-17)13-23-5-9-25-10-6-23/h1-4,20H,5-13H2. The minimum absolute atomic E-state index is 0.741. The molecule has 0 spiro atoms. The molecule has 1 aromatic carbocycles. The highest BCUT2D eigenvalue weighted by molar-refractivity contribution is 6.08. The molecule has 26 heavy (non-hydrogen) atoms. The topological polar surface area (TPSA) is 66.5 Å². The number of hydrogen-bond acceptors (Lipinski definition) is 6. The molecule has 136 valence electrons. The summed E-state index contributed by atoms with van der Waals surface area (Å²) in [4.78, 5) is 18.1. The first-order chi connectivity index (χ1) is 12.9. The third kappa shape index (κ3) is 2.92. The van der Waals surface area contributed by atoms with E-state index < -0.39 is 0 Å². The molecule has 0 aliphatic carbocycles. The van der Waals surface area contributed by atoms with Gasteiger partial charge in [-0.05, 0) is 6.07 Å². The summed E-state index contributed by atoms with van der Waals surface area (Å²) in [5.41, 5.74) is 3.15. The molecule has 2 aliphatic heterocycles. The molecule has 2 aliphatic rings. The summed E-state index contributed by atoms with van der Waals surface area (Å²) in [5.74, 6) is 1.88. The molecule has 0 bridgehead atoms. The van der Waals surface area contributed by atoms with E-state index in [0.717, 1.165) is 92.7 Å². The summed E-state index contributed by atoms with van der Waals surface area (Å²) in [6.45, 7) is 7.39. The number of H-pyrrole nitrogens is 1. The normalized spacial score (nSPS) is 19.5. The van der Waals surface area contributed by atoms with E-state index >= 15 is 0 Å². The van der Waals surface area contributed by atoms with Crippen molar-refractivity contribution in [1.29, 1.82) is 0 Å². The van der Waals surface area contributed by atoms with Crippen LogP contribution in [0.4, 0.5) is 5.82 Å². The number of nitrogens with zero attached hydrogens (tertiary/aromatic N) is 4. The second-order valence-corrected chi connectivity index (χ2v) is 6.85. The van der Waals surface area contributed by atoms with Crippen molar-refractivity contribution in [2.75, 3.05) is 57.5 Å². The van der Waals surface area contributed by atoms with Crippen LogP contribution in [0.5, 0.6) is 0 Å². The summed E-state index contributed by atoms with van der Waals surface area (Å²) in [6, 6.07) is 8.34. The Kier molecular flexibility index (Phi) is 4.20. The van der Waals surface area contributed by atoms with E-state index in [1.807, 2.05) is 6.07 Å². The van der Waals surface area contributed by atoms with Crippen LogP contribution in [0.15, 0.2) is 24.3 Å². The molecule has 2 saturated heterocycles. The SMILES string of the molecule is c1ccc2c(c1)[nH]c1c(N3CCOCC3)nc(CN3CCOCC3)nc12. The second-order valence-electron chi connectivity index (χ2n) is 6.85. The van der Waals surface area contributed by atoms with Crippen molar-refractivity contribution >= 4 is 27.8 Å². The fraction of sp³-hybridized carbons (Fsp3) is 0.474. The highest BCUT2D eigenvalue weighted by Gasteiger charge is 2.21. The Bertz CT molecular complexity index is 913. The zero-order chi connectivity index (χ0) is 17.3. The van der Waals surface area contributed by atoms with E-state index in [4.69, 9.17) is 19.4 Å². The van der Waals surface area contributed by atoms with Crippen LogP contribution >= 0.6 is 0 Å². The number of para-hydroxylation sites is 1. The van der Waals surface area contributed by atoms with E-state index in [2.05, 4.69) is 33.0 Å². The van der Waals surface area contributed by atoms with Crippen LogP contribution in [-0.2, 0) is 16.0 Å². The van der Waals surface area contributed by atoms with Crippen LogP contribution in [-0.4, -0.2) is 72.5 Å². The molecule has 2 aromatic heterocycles. The number of fused-ring (bicyclic) bond motifs is 3. The maximum Gasteiger partial charge on any atom is 0.157 e. The van der Waals surface area contributed by atoms with Gasteiger partial charge >= 0.3 is 0 Å². The van der Waals surface area contributed by atoms with Crippen molar-refractivity contribution in [3.63, 3.8) is 0 Å². The van der Waals surface area contributed by atoms with Gasteiger partial charge in [-0.25, -0.2) is 9.97 Å². The number of nitrogens with one attached hydrogen (secondary N) is 1. The lowest BCUT2D eigenvalue weighted by molar-refractivity contribution is 0.0331. The van der Waals surface area contributed by atoms with Gasteiger partial charge in [0.1, 0.15) is 16.9 Å². The predicted molar refractivity (Wildman–Crippen MR) is 101 cm³/mol. The van der Waals surface area contributed by atoms with Crippen LogP contribution < -0.4 is 4.90 Å². The summed E-state index contributed by atoms with van der Waals surface area (Å²) >= 11 is 0. The van der Waals surface area contributed by atoms with Crippen LogP contribution in [0, 0.1) is 0 Å². The molecular formula is C19H23N5O2. The average molecular weight is 353 g/mol. The first-order valence-corrected chi connectivity index (χ1v) is 9.28. The Morgan fingerprint density at radius 1 is 0.923 bits per heavy atom. The van der Waals surface area contributed by atoms with Gasteiger partial charge in [0.15, 0.2) is 5.82 Å². The molecule has 4 heterocycles. The number of ether oxygens (including phenoxy) is 2. The Morgan fingerprint density at radius 3 is 2.46 bits per heavy atom. The maximum absolute atomic E-state index is 5.53. The van der Waals surface area contributed by atoms with Gasteiger partial charge in [0.25, 0.3) is 0 Å². The fourth-order valence-electron chi connectivity index (χ4n) is 3.77. The summed E-state index contributed by atoms with van der Waals surface area (Å²) in [5, 5.41) is 1.16. The number of anilines is 1. The third-order valence-electron chi connectivity index (χ3n) is 5.16. The van der Waals surface area contributed by atoms with E-state index in [0.29, 0.717) is 0 Å². The van der Waals surface area contributed by atoms with Gasteiger partial charge in [-0.1, -0.05) is 18.2 Å². The molecule has 0 radical (unpaired) electrons. The lowest BCUT2D eigenvalue weighted by atomic mass is 10.2. The number of aromatic amines is 1. The zero-order valence-electron chi connectivity index (χ0n) is 14.8. The van der Waals surface area contributed by atoms with Crippen LogP contribution in [0.25, 0.3) is 21.9 Å². The molecular weight excluding hydrogens is 330 g/mol. The molecule has 2 fully saturated rings. The van der Waals surface area contributed by atoms with Crippen LogP contribution in [0.2, 0.25) is 0 Å². The molecule has 5 rings (SSSR count). The van der Waals surface area contributed by atoms with Gasteiger partial charge < -0.3 is 19.4 Å². The minimum Gasteiger partial charge on any atom is -0.379 e. The largest absolute Gasteiger partial charge is 0.379 e. The highest BCUT2D eigenvalue weighted by Crippen LogP contribution is 2.30. The Morgan fingerprint density at radius 2 is 1.65 bits per heavy atom. The molecule has 0 atom stereocenters. The highest BCUT2D eigenvalue weighted by atomic mass is 16.5. The quantitative estimate of drug-likeness (QED) is 0.774. The van der Waals surface area contributed by atoms with Crippen molar-refractivity contribution in [2.45, 2.75) is 6.54 Å². The van der Waals surface area contributed by atoms with Gasteiger partial charge in [0, 0.05) is 37.1 Å². The van der Waals surface area contributed by atoms with Crippen molar-refractivity contribution in [3.8, 4) is 0 Å². The monoisotopic (exact) mass is 353 g/mol. The summed E-state index contributed by atoms with van der Waals surface area (Å²) in [6.07, 6.45) is 0. The number of benzene rings is 1. The smallest absolute Gasteiger partial charge is 0.157 e. The van der Waals surface area contributed by atoms with Gasteiger partial charge in [0.05, 0.1) is 33.0 Å². The molecule has 7 nitrogen and oxygen atoms in total. The molecule has 1 N–H and O–H groups in total. The first-order valence-electron chi connectivity index (χ1n) is 9.28. The van der Waals surface area contributed by atoms with E-state index in [-0.39, 0.29) is 0 Å². The first kappa shape index (κ1) is 16.0.